The molecule has 0 fully saturated rings. The first kappa shape index (κ1) is 13.1. The van der Waals surface area contributed by atoms with Gasteiger partial charge in [0.2, 0.25) is 0 Å². The fourth-order valence-electron chi connectivity index (χ4n) is 1.90. The predicted octanol–water partition coefficient (Wildman–Crippen LogP) is 4.55. The summed E-state index contributed by atoms with van der Waals surface area (Å²) < 4.78 is 54.5. The minimum Gasteiger partial charge on any atom is -0.338 e. The second kappa shape index (κ2) is 4.59. The van der Waals surface area contributed by atoms with E-state index in [9.17, 15) is 17.6 Å². The number of nitrogens with one attached hydrogen (secondary N) is 1. The molecule has 0 aliphatic rings. The van der Waals surface area contributed by atoms with Gasteiger partial charge in [-0.3, -0.25) is 0 Å². The monoisotopic (exact) mass is 344 g/mol. The van der Waals surface area contributed by atoms with Gasteiger partial charge in [0.25, 0.3) is 0 Å². The van der Waals surface area contributed by atoms with E-state index in [4.69, 9.17) is 0 Å². The highest BCUT2D eigenvalue weighted by Gasteiger charge is 2.18. The number of imidazole rings is 1. The van der Waals surface area contributed by atoms with Gasteiger partial charge in [-0.05, 0) is 24.3 Å². The van der Waals surface area contributed by atoms with Gasteiger partial charge in [-0.2, -0.15) is 0 Å². The van der Waals surface area contributed by atoms with Crippen molar-refractivity contribution in [2.75, 3.05) is 0 Å². The van der Waals surface area contributed by atoms with Crippen LogP contribution >= 0.6 is 15.9 Å². The second-order valence-corrected chi connectivity index (χ2v) is 5.00. The summed E-state index contributed by atoms with van der Waals surface area (Å²) in [6, 6.07) is 4.28. The number of fused-ring (bicyclic) bond motifs is 1. The SMILES string of the molecule is Fc1cc(Br)cc(F)c1-c1nc2c(F)c(F)ccc2[nH]1. The van der Waals surface area contributed by atoms with Crippen molar-refractivity contribution in [1.29, 1.82) is 0 Å². The van der Waals surface area contributed by atoms with Crippen LogP contribution in [-0.2, 0) is 0 Å². The third kappa shape index (κ3) is 1.98. The van der Waals surface area contributed by atoms with Gasteiger partial charge in [-0.15, -0.1) is 0 Å². The Bertz CT molecular complexity index is 806. The Balaban J connectivity index is 2.28. The summed E-state index contributed by atoms with van der Waals surface area (Å²) in [6.07, 6.45) is 0. The summed E-state index contributed by atoms with van der Waals surface area (Å²) in [5.41, 5.74) is -0.577. The molecule has 0 unspecified atom stereocenters. The number of halogens is 5. The highest BCUT2D eigenvalue weighted by molar-refractivity contribution is 9.10. The van der Waals surface area contributed by atoms with Crippen LogP contribution < -0.4 is 0 Å². The molecule has 1 aromatic heterocycles. The van der Waals surface area contributed by atoms with Crippen LogP contribution in [0.2, 0.25) is 0 Å². The smallest absolute Gasteiger partial charge is 0.186 e. The van der Waals surface area contributed by atoms with Gasteiger partial charge in [-0.25, -0.2) is 22.5 Å². The lowest BCUT2D eigenvalue weighted by atomic mass is 10.2. The van der Waals surface area contributed by atoms with Gasteiger partial charge in [0.1, 0.15) is 23.0 Å². The van der Waals surface area contributed by atoms with Gasteiger partial charge < -0.3 is 4.98 Å². The van der Waals surface area contributed by atoms with Gasteiger partial charge in [-0.1, -0.05) is 15.9 Å². The number of rotatable bonds is 1. The fourth-order valence-corrected chi connectivity index (χ4v) is 2.31. The van der Waals surface area contributed by atoms with Gasteiger partial charge >= 0.3 is 0 Å². The molecule has 0 bridgehead atoms. The molecule has 1 N–H and O–H groups in total. The van der Waals surface area contributed by atoms with Gasteiger partial charge in [0.05, 0.1) is 11.1 Å². The molecule has 7 heteroatoms. The maximum absolute atomic E-state index is 13.8. The molecule has 0 saturated heterocycles. The molecule has 0 spiro atoms. The Morgan fingerprint density at radius 1 is 0.950 bits per heavy atom. The molecule has 0 atom stereocenters. The zero-order valence-electron chi connectivity index (χ0n) is 9.65. The van der Waals surface area contributed by atoms with Gasteiger partial charge in [0, 0.05) is 4.47 Å². The maximum Gasteiger partial charge on any atom is 0.186 e. The lowest BCUT2D eigenvalue weighted by Gasteiger charge is -2.02. The van der Waals surface area contributed by atoms with Crippen LogP contribution in [0.5, 0.6) is 0 Å². The molecule has 0 aliphatic carbocycles. The van der Waals surface area contributed by atoms with Crippen molar-refractivity contribution in [3.8, 4) is 11.4 Å². The van der Waals surface area contributed by atoms with E-state index in [1.54, 1.807) is 0 Å². The Morgan fingerprint density at radius 2 is 1.60 bits per heavy atom. The number of aromatic amines is 1. The van der Waals surface area contributed by atoms with Crippen molar-refractivity contribution in [2.24, 2.45) is 0 Å². The minimum atomic E-state index is -1.16. The fraction of sp³-hybridized carbons (Fsp3) is 0. The van der Waals surface area contributed by atoms with E-state index in [-0.39, 0.29) is 21.3 Å². The Labute approximate surface area is 118 Å². The molecule has 20 heavy (non-hydrogen) atoms. The van der Waals surface area contributed by atoms with E-state index in [1.807, 2.05) is 0 Å². The van der Waals surface area contributed by atoms with Crippen molar-refractivity contribution in [3.05, 3.63) is 52.0 Å². The number of nitrogens with zero attached hydrogens (tertiary/aromatic N) is 1. The molecule has 2 nitrogen and oxygen atoms in total. The molecule has 0 amide bonds. The summed E-state index contributed by atoms with van der Waals surface area (Å²) in [5.74, 6) is -4.17. The van der Waals surface area contributed by atoms with Crippen LogP contribution in [0.1, 0.15) is 0 Å². The van der Waals surface area contributed by atoms with E-state index < -0.39 is 28.8 Å². The van der Waals surface area contributed by atoms with Crippen LogP contribution in [0, 0.1) is 23.3 Å². The molecule has 102 valence electrons. The van der Waals surface area contributed by atoms with Crippen LogP contribution in [0.15, 0.2) is 28.7 Å². The summed E-state index contributed by atoms with van der Waals surface area (Å²) in [5, 5.41) is 0. The van der Waals surface area contributed by atoms with Crippen LogP contribution in [0.3, 0.4) is 0 Å². The standard InChI is InChI=1S/C13H5BrF4N2/c14-5-3-7(16)10(8(17)4-5)13-19-9-2-1-6(15)11(18)12(9)20-13/h1-4H,(H,19,20). The second-order valence-electron chi connectivity index (χ2n) is 4.09. The topological polar surface area (TPSA) is 28.7 Å². The summed E-state index contributed by atoms with van der Waals surface area (Å²) in [4.78, 5) is 6.30. The Kier molecular flexibility index (Phi) is 3.01. The van der Waals surface area contributed by atoms with E-state index in [0.717, 1.165) is 18.2 Å². The van der Waals surface area contributed by atoms with E-state index in [0.29, 0.717) is 0 Å². The zero-order chi connectivity index (χ0) is 14.4. The van der Waals surface area contributed by atoms with Crippen LogP contribution in [-0.4, -0.2) is 9.97 Å². The van der Waals surface area contributed by atoms with Gasteiger partial charge in [0.15, 0.2) is 11.6 Å². The molecule has 0 saturated carbocycles. The van der Waals surface area contributed by atoms with Crippen molar-refractivity contribution in [3.63, 3.8) is 0 Å². The number of hydrogen-bond donors (Lipinski definition) is 1. The maximum atomic E-state index is 13.8. The summed E-state index contributed by atoms with van der Waals surface area (Å²) >= 11 is 2.96. The average molecular weight is 345 g/mol. The first-order valence-electron chi connectivity index (χ1n) is 5.46. The molecule has 3 rings (SSSR count). The average Bonchev–Trinajstić information content (AvgIpc) is 2.77. The van der Waals surface area contributed by atoms with Crippen LogP contribution in [0.25, 0.3) is 22.4 Å². The third-order valence-electron chi connectivity index (χ3n) is 2.79. The summed E-state index contributed by atoms with van der Waals surface area (Å²) in [7, 11) is 0. The highest BCUT2D eigenvalue weighted by atomic mass is 79.9. The normalized spacial score (nSPS) is 11.2. The van der Waals surface area contributed by atoms with Crippen molar-refractivity contribution in [2.45, 2.75) is 0 Å². The molecule has 1 heterocycles. The first-order chi connectivity index (χ1) is 9.47. The first-order valence-corrected chi connectivity index (χ1v) is 6.25. The van der Waals surface area contributed by atoms with E-state index >= 15 is 0 Å². The lowest BCUT2D eigenvalue weighted by molar-refractivity contribution is 0.515. The van der Waals surface area contributed by atoms with Crippen molar-refractivity contribution >= 4 is 27.0 Å². The molecule has 0 radical (unpaired) electrons. The van der Waals surface area contributed by atoms with Crippen LogP contribution in [0.4, 0.5) is 17.6 Å². The quantitative estimate of drug-likeness (QED) is 0.644. The Hall–Kier alpha value is -1.89. The molecule has 0 aliphatic heterocycles. The number of hydrogen-bond acceptors (Lipinski definition) is 1. The predicted molar refractivity (Wildman–Crippen MR) is 69.1 cm³/mol. The Morgan fingerprint density at radius 3 is 2.25 bits per heavy atom. The number of aromatic nitrogens is 2. The third-order valence-corrected chi connectivity index (χ3v) is 3.25. The summed E-state index contributed by atoms with van der Waals surface area (Å²) in [6.45, 7) is 0. The largest absolute Gasteiger partial charge is 0.338 e. The molecule has 3 aromatic rings. The van der Waals surface area contributed by atoms with Crippen molar-refractivity contribution in [1.82, 2.24) is 9.97 Å². The number of benzene rings is 2. The molecule has 2 aromatic carbocycles. The minimum absolute atomic E-state index is 0.153. The van der Waals surface area contributed by atoms with E-state index in [2.05, 4.69) is 25.9 Å². The van der Waals surface area contributed by atoms with Crippen molar-refractivity contribution < 1.29 is 17.6 Å². The zero-order valence-corrected chi connectivity index (χ0v) is 11.2. The molecular weight excluding hydrogens is 340 g/mol. The highest BCUT2D eigenvalue weighted by Crippen LogP contribution is 2.29. The van der Waals surface area contributed by atoms with E-state index in [1.165, 1.54) is 6.07 Å². The lowest BCUT2D eigenvalue weighted by Crippen LogP contribution is -1.92. The molecular formula is C13H5BrF4N2. The number of H-pyrrole nitrogens is 1.